The lowest BCUT2D eigenvalue weighted by Crippen LogP contribution is -2.38. The molecule has 0 aliphatic rings. The Bertz CT molecular complexity index is 702. The zero-order valence-corrected chi connectivity index (χ0v) is 12.6. The predicted octanol–water partition coefficient (Wildman–Crippen LogP) is 2.75. The quantitative estimate of drug-likeness (QED) is 0.921. The molecular weight excluding hydrogens is 302 g/mol. The Kier molecular flexibility index (Phi) is 5.41. The number of hydrogen-bond donors (Lipinski definition) is 1. The van der Waals surface area contributed by atoms with Gasteiger partial charge in [-0.05, 0) is 36.4 Å². The van der Waals surface area contributed by atoms with Crippen LogP contribution in [0.25, 0.3) is 0 Å². The molecule has 6 heteroatoms. The molecule has 0 unspecified atom stereocenters. The fraction of sp³-hybridized carbons (Fsp3) is 0.176. The van der Waals surface area contributed by atoms with E-state index in [1.807, 2.05) is 0 Å². The van der Waals surface area contributed by atoms with Crippen LogP contribution in [0.4, 0.5) is 14.5 Å². The number of nitrogens with one attached hydrogen (secondary N) is 1. The van der Waals surface area contributed by atoms with Gasteiger partial charge in [0, 0.05) is 25.6 Å². The maximum absolute atomic E-state index is 13.8. The molecule has 2 aromatic rings. The second-order valence-corrected chi connectivity index (χ2v) is 4.88. The summed E-state index contributed by atoms with van der Waals surface area (Å²) in [5.74, 6) is -1.65. The summed E-state index contributed by atoms with van der Waals surface area (Å²) in [6, 6.07) is 11.0. The van der Waals surface area contributed by atoms with Gasteiger partial charge in [0.1, 0.15) is 11.6 Å². The van der Waals surface area contributed by atoms with Crippen LogP contribution in [0.1, 0.15) is 17.3 Å². The maximum Gasteiger partial charge on any atom is 0.251 e. The van der Waals surface area contributed by atoms with Crippen LogP contribution in [0, 0.1) is 11.6 Å². The zero-order valence-electron chi connectivity index (χ0n) is 12.6. The lowest BCUT2D eigenvalue weighted by molar-refractivity contribution is -0.116. The highest BCUT2D eigenvalue weighted by atomic mass is 19.1. The fourth-order valence-corrected chi connectivity index (χ4v) is 2.10. The molecule has 0 atom stereocenters. The third-order valence-corrected chi connectivity index (χ3v) is 3.25. The van der Waals surface area contributed by atoms with Crippen LogP contribution >= 0.6 is 0 Å². The van der Waals surface area contributed by atoms with Crippen molar-refractivity contribution in [3.8, 4) is 0 Å². The Morgan fingerprint density at radius 3 is 2.30 bits per heavy atom. The van der Waals surface area contributed by atoms with Crippen molar-refractivity contribution in [3.05, 3.63) is 65.7 Å². The minimum absolute atomic E-state index is 0.128. The summed E-state index contributed by atoms with van der Waals surface area (Å²) in [7, 11) is 0. The Balaban J connectivity index is 1.97. The summed E-state index contributed by atoms with van der Waals surface area (Å²) in [6.45, 7) is 1.60. The van der Waals surface area contributed by atoms with Crippen molar-refractivity contribution in [1.82, 2.24) is 5.32 Å². The average molecular weight is 318 g/mol. The fourth-order valence-electron chi connectivity index (χ4n) is 2.10. The van der Waals surface area contributed by atoms with E-state index in [4.69, 9.17) is 0 Å². The van der Waals surface area contributed by atoms with Crippen LogP contribution in [0.3, 0.4) is 0 Å². The standard InChI is InChI=1S/C17H16F2N2O2/c1-12(22)21(16-5-3-2-4-15(16)19)11-10-20-17(23)13-6-8-14(18)9-7-13/h2-9H,10-11H2,1H3,(H,20,23). The first-order valence-corrected chi connectivity index (χ1v) is 7.05. The Labute approximate surface area is 132 Å². The molecule has 2 aromatic carbocycles. The van der Waals surface area contributed by atoms with E-state index in [0.717, 1.165) is 0 Å². The van der Waals surface area contributed by atoms with Gasteiger partial charge in [0.2, 0.25) is 5.91 Å². The van der Waals surface area contributed by atoms with Gasteiger partial charge in [-0.2, -0.15) is 0 Å². The molecule has 0 bridgehead atoms. The van der Waals surface area contributed by atoms with E-state index in [1.54, 1.807) is 6.07 Å². The molecule has 2 amide bonds. The predicted molar refractivity (Wildman–Crippen MR) is 83.2 cm³/mol. The number of carbonyl (C=O) groups is 2. The highest BCUT2D eigenvalue weighted by Gasteiger charge is 2.15. The zero-order chi connectivity index (χ0) is 16.8. The number of rotatable bonds is 5. The number of benzene rings is 2. The molecule has 0 radical (unpaired) electrons. The van der Waals surface area contributed by atoms with Gasteiger partial charge in [-0.15, -0.1) is 0 Å². The molecule has 0 aliphatic carbocycles. The van der Waals surface area contributed by atoms with Gasteiger partial charge < -0.3 is 10.2 Å². The number of nitrogens with zero attached hydrogens (tertiary/aromatic N) is 1. The van der Waals surface area contributed by atoms with Gasteiger partial charge in [-0.25, -0.2) is 8.78 Å². The molecule has 0 aromatic heterocycles. The van der Waals surface area contributed by atoms with E-state index in [1.165, 1.54) is 54.3 Å². The van der Waals surface area contributed by atoms with Crippen molar-refractivity contribution >= 4 is 17.5 Å². The number of carbonyl (C=O) groups excluding carboxylic acids is 2. The van der Waals surface area contributed by atoms with Crippen LogP contribution in [-0.2, 0) is 4.79 Å². The minimum atomic E-state index is -0.507. The summed E-state index contributed by atoms with van der Waals surface area (Å²) in [5.41, 5.74) is 0.475. The highest BCUT2D eigenvalue weighted by Crippen LogP contribution is 2.18. The second kappa shape index (κ2) is 7.49. The third-order valence-electron chi connectivity index (χ3n) is 3.25. The number of halogens is 2. The van der Waals surface area contributed by atoms with Crippen LogP contribution < -0.4 is 10.2 Å². The maximum atomic E-state index is 13.8. The van der Waals surface area contributed by atoms with Crippen molar-refractivity contribution in [2.45, 2.75) is 6.92 Å². The first kappa shape index (κ1) is 16.6. The van der Waals surface area contributed by atoms with E-state index in [0.29, 0.717) is 5.56 Å². The minimum Gasteiger partial charge on any atom is -0.350 e. The Hall–Kier alpha value is -2.76. The summed E-state index contributed by atoms with van der Waals surface area (Å²) >= 11 is 0. The SMILES string of the molecule is CC(=O)N(CCNC(=O)c1ccc(F)cc1)c1ccccc1F. The first-order chi connectivity index (χ1) is 11.0. The first-order valence-electron chi connectivity index (χ1n) is 7.05. The van der Waals surface area contributed by atoms with Crippen LogP contribution in [0.2, 0.25) is 0 Å². The van der Waals surface area contributed by atoms with Crippen molar-refractivity contribution < 1.29 is 18.4 Å². The Morgan fingerprint density at radius 1 is 1.04 bits per heavy atom. The average Bonchev–Trinajstić information content (AvgIpc) is 2.53. The summed E-state index contributed by atoms with van der Waals surface area (Å²) in [6.07, 6.45) is 0. The van der Waals surface area contributed by atoms with E-state index in [9.17, 15) is 18.4 Å². The van der Waals surface area contributed by atoms with E-state index < -0.39 is 11.6 Å². The third kappa shape index (κ3) is 4.35. The molecule has 120 valence electrons. The van der Waals surface area contributed by atoms with E-state index >= 15 is 0 Å². The van der Waals surface area contributed by atoms with Gasteiger partial charge >= 0.3 is 0 Å². The van der Waals surface area contributed by atoms with Crippen LogP contribution in [0.5, 0.6) is 0 Å². The number of para-hydroxylation sites is 1. The van der Waals surface area contributed by atoms with E-state index in [2.05, 4.69) is 5.32 Å². The normalized spacial score (nSPS) is 10.2. The molecular formula is C17H16F2N2O2. The lowest BCUT2D eigenvalue weighted by atomic mass is 10.2. The molecule has 0 saturated heterocycles. The molecule has 4 nitrogen and oxygen atoms in total. The van der Waals surface area contributed by atoms with Crippen molar-refractivity contribution in [1.29, 1.82) is 0 Å². The van der Waals surface area contributed by atoms with Crippen molar-refractivity contribution in [3.63, 3.8) is 0 Å². The topological polar surface area (TPSA) is 49.4 Å². The molecule has 1 N–H and O–H groups in total. The number of amides is 2. The highest BCUT2D eigenvalue weighted by molar-refractivity contribution is 5.94. The van der Waals surface area contributed by atoms with Gasteiger partial charge in [0.25, 0.3) is 5.91 Å². The van der Waals surface area contributed by atoms with Crippen molar-refractivity contribution in [2.75, 3.05) is 18.0 Å². The summed E-state index contributed by atoms with van der Waals surface area (Å²) in [5, 5.41) is 2.62. The lowest BCUT2D eigenvalue weighted by Gasteiger charge is -2.21. The van der Waals surface area contributed by atoms with E-state index in [-0.39, 0.29) is 30.6 Å². The molecule has 0 heterocycles. The second-order valence-electron chi connectivity index (χ2n) is 4.88. The molecule has 0 saturated carbocycles. The van der Waals surface area contributed by atoms with Gasteiger partial charge in [-0.3, -0.25) is 9.59 Å². The monoisotopic (exact) mass is 318 g/mol. The van der Waals surface area contributed by atoms with Crippen molar-refractivity contribution in [2.24, 2.45) is 0 Å². The number of hydrogen-bond acceptors (Lipinski definition) is 2. The molecule has 0 aliphatic heterocycles. The largest absolute Gasteiger partial charge is 0.350 e. The summed E-state index contributed by atoms with van der Waals surface area (Å²) in [4.78, 5) is 24.8. The smallest absolute Gasteiger partial charge is 0.251 e. The van der Waals surface area contributed by atoms with Crippen LogP contribution in [-0.4, -0.2) is 24.9 Å². The molecule has 23 heavy (non-hydrogen) atoms. The molecule has 0 fully saturated rings. The molecule has 0 spiro atoms. The summed E-state index contributed by atoms with van der Waals surface area (Å²) < 4.78 is 26.6. The van der Waals surface area contributed by atoms with Crippen LogP contribution in [0.15, 0.2) is 48.5 Å². The van der Waals surface area contributed by atoms with Gasteiger partial charge in [0.05, 0.1) is 5.69 Å². The Morgan fingerprint density at radius 2 is 1.70 bits per heavy atom. The van der Waals surface area contributed by atoms with Gasteiger partial charge in [0.15, 0.2) is 0 Å². The molecule has 2 rings (SSSR count). The number of anilines is 1. The van der Waals surface area contributed by atoms with Gasteiger partial charge in [-0.1, -0.05) is 12.1 Å².